The molecule has 0 aliphatic carbocycles. The summed E-state index contributed by atoms with van der Waals surface area (Å²) in [5.41, 5.74) is 0.990. The van der Waals surface area contributed by atoms with Gasteiger partial charge in [0.05, 0.1) is 13.7 Å². The van der Waals surface area contributed by atoms with Crippen molar-refractivity contribution in [3.8, 4) is 5.75 Å². The van der Waals surface area contributed by atoms with Crippen molar-refractivity contribution in [3.05, 3.63) is 28.8 Å². The fraction of sp³-hybridized carbons (Fsp3) is 0.417. The van der Waals surface area contributed by atoms with E-state index in [1.807, 2.05) is 12.1 Å². The van der Waals surface area contributed by atoms with Gasteiger partial charge >= 0.3 is 5.97 Å². The second kappa shape index (κ2) is 6.47. The van der Waals surface area contributed by atoms with Gasteiger partial charge in [-0.15, -0.1) is 0 Å². The first kappa shape index (κ1) is 13.8. The Morgan fingerprint density at radius 1 is 1.53 bits per heavy atom. The number of halogens is 1. The molecule has 17 heavy (non-hydrogen) atoms. The number of carboxylic acid groups (broad SMARTS) is 1. The summed E-state index contributed by atoms with van der Waals surface area (Å²) in [6, 6.07) is 5.50. The number of benzene rings is 1. The number of nitrogens with zero attached hydrogens (tertiary/aromatic N) is 1. The monoisotopic (exact) mass is 257 g/mol. The standard InChI is InChI=1S/C12H16ClNO3/c1-14(8-12(15)16)6-5-9-3-4-10(17-2)7-11(9)13/h3-4,7H,5-6,8H2,1-2H3,(H,15,16). The van der Waals surface area contributed by atoms with Crippen LogP contribution in [0.25, 0.3) is 0 Å². The van der Waals surface area contributed by atoms with Crippen LogP contribution in [-0.2, 0) is 11.2 Å². The minimum atomic E-state index is -0.826. The van der Waals surface area contributed by atoms with Crippen LogP contribution >= 0.6 is 11.6 Å². The molecule has 0 unspecified atom stereocenters. The van der Waals surface area contributed by atoms with Crippen LogP contribution in [0.15, 0.2) is 18.2 Å². The van der Waals surface area contributed by atoms with E-state index in [0.29, 0.717) is 18.0 Å². The van der Waals surface area contributed by atoms with Crippen LogP contribution in [0.3, 0.4) is 0 Å². The highest BCUT2D eigenvalue weighted by Crippen LogP contribution is 2.22. The summed E-state index contributed by atoms with van der Waals surface area (Å²) in [5.74, 6) is -0.106. The van der Waals surface area contributed by atoms with E-state index in [1.165, 1.54) is 0 Å². The molecule has 0 aromatic heterocycles. The van der Waals surface area contributed by atoms with Crippen LogP contribution in [0.2, 0.25) is 5.02 Å². The van der Waals surface area contributed by atoms with E-state index in [1.54, 1.807) is 25.1 Å². The van der Waals surface area contributed by atoms with E-state index >= 15 is 0 Å². The van der Waals surface area contributed by atoms with Gasteiger partial charge in [-0.25, -0.2) is 0 Å². The van der Waals surface area contributed by atoms with Gasteiger partial charge in [-0.3, -0.25) is 9.69 Å². The molecule has 0 amide bonds. The minimum absolute atomic E-state index is 0.0355. The van der Waals surface area contributed by atoms with Gasteiger partial charge in [0.25, 0.3) is 0 Å². The number of aliphatic carboxylic acids is 1. The lowest BCUT2D eigenvalue weighted by molar-refractivity contribution is -0.137. The average molecular weight is 258 g/mol. The van der Waals surface area contributed by atoms with Gasteiger partial charge in [-0.2, -0.15) is 0 Å². The molecule has 1 N–H and O–H groups in total. The Labute approximate surface area is 106 Å². The number of carbonyl (C=O) groups is 1. The molecule has 0 aliphatic heterocycles. The predicted octanol–water partition coefficient (Wildman–Crippen LogP) is 1.91. The fourth-order valence-electron chi connectivity index (χ4n) is 1.48. The number of hydrogen-bond donors (Lipinski definition) is 1. The lowest BCUT2D eigenvalue weighted by atomic mass is 10.1. The Kier molecular flexibility index (Phi) is 5.25. The molecule has 0 saturated carbocycles. The second-order valence-corrected chi connectivity index (χ2v) is 4.25. The first-order chi connectivity index (χ1) is 8.02. The van der Waals surface area contributed by atoms with Crippen LogP contribution in [0.1, 0.15) is 5.56 Å². The van der Waals surface area contributed by atoms with Gasteiger partial charge in [0.15, 0.2) is 0 Å². The van der Waals surface area contributed by atoms with Crippen molar-refractivity contribution in [2.24, 2.45) is 0 Å². The summed E-state index contributed by atoms with van der Waals surface area (Å²) >= 11 is 6.08. The number of hydrogen-bond acceptors (Lipinski definition) is 3. The second-order valence-electron chi connectivity index (χ2n) is 3.84. The summed E-state index contributed by atoms with van der Waals surface area (Å²) in [5, 5.41) is 9.27. The first-order valence-corrected chi connectivity index (χ1v) is 5.63. The van der Waals surface area contributed by atoms with Crippen LogP contribution in [0.4, 0.5) is 0 Å². The van der Waals surface area contributed by atoms with E-state index in [2.05, 4.69) is 0 Å². The van der Waals surface area contributed by atoms with E-state index in [-0.39, 0.29) is 6.54 Å². The highest BCUT2D eigenvalue weighted by molar-refractivity contribution is 6.31. The van der Waals surface area contributed by atoms with E-state index < -0.39 is 5.97 Å². The van der Waals surface area contributed by atoms with Crippen LogP contribution < -0.4 is 4.74 Å². The van der Waals surface area contributed by atoms with Crippen LogP contribution in [0.5, 0.6) is 5.75 Å². The molecule has 5 heteroatoms. The van der Waals surface area contributed by atoms with Crippen molar-refractivity contribution in [3.63, 3.8) is 0 Å². The molecule has 4 nitrogen and oxygen atoms in total. The third-order valence-electron chi connectivity index (χ3n) is 2.43. The van der Waals surface area contributed by atoms with E-state index in [9.17, 15) is 4.79 Å². The Bertz CT molecular complexity index is 395. The first-order valence-electron chi connectivity index (χ1n) is 5.25. The third kappa shape index (κ3) is 4.63. The average Bonchev–Trinajstić information content (AvgIpc) is 2.26. The van der Waals surface area contributed by atoms with Crippen molar-refractivity contribution in [2.45, 2.75) is 6.42 Å². The molecule has 0 radical (unpaired) electrons. The smallest absolute Gasteiger partial charge is 0.317 e. The zero-order valence-corrected chi connectivity index (χ0v) is 10.7. The molecule has 0 fully saturated rings. The van der Waals surface area contributed by atoms with Crippen LogP contribution in [-0.4, -0.2) is 43.2 Å². The molecule has 0 bridgehead atoms. The Hall–Kier alpha value is -1.26. The fourth-order valence-corrected chi connectivity index (χ4v) is 1.74. The highest BCUT2D eigenvalue weighted by atomic mass is 35.5. The van der Waals surface area contributed by atoms with Gasteiger partial charge in [0.1, 0.15) is 5.75 Å². The molecular formula is C12H16ClNO3. The molecule has 1 aromatic carbocycles. The SMILES string of the molecule is COc1ccc(CCN(C)CC(=O)O)c(Cl)c1. The Morgan fingerprint density at radius 3 is 2.76 bits per heavy atom. The minimum Gasteiger partial charge on any atom is -0.497 e. The van der Waals surface area contributed by atoms with Crippen molar-refractivity contribution >= 4 is 17.6 Å². The Morgan fingerprint density at radius 2 is 2.24 bits per heavy atom. The van der Waals surface area contributed by atoms with Crippen molar-refractivity contribution in [1.82, 2.24) is 4.90 Å². The Balaban J connectivity index is 2.54. The van der Waals surface area contributed by atoms with Gasteiger partial charge in [0, 0.05) is 11.6 Å². The van der Waals surface area contributed by atoms with Crippen molar-refractivity contribution in [2.75, 3.05) is 27.2 Å². The van der Waals surface area contributed by atoms with Crippen molar-refractivity contribution in [1.29, 1.82) is 0 Å². The zero-order valence-electron chi connectivity index (χ0n) is 9.94. The number of carboxylic acids is 1. The number of ether oxygens (including phenoxy) is 1. The third-order valence-corrected chi connectivity index (χ3v) is 2.78. The number of rotatable bonds is 6. The molecule has 0 atom stereocenters. The lowest BCUT2D eigenvalue weighted by Gasteiger charge is -2.14. The maximum absolute atomic E-state index is 10.5. The topological polar surface area (TPSA) is 49.8 Å². The normalized spacial score (nSPS) is 10.6. The maximum Gasteiger partial charge on any atom is 0.317 e. The molecule has 0 heterocycles. The molecule has 0 aliphatic rings. The lowest BCUT2D eigenvalue weighted by Crippen LogP contribution is -2.27. The predicted molar refractivity (Wildman–Crippen MR) is 66.8 cm³/mol. The summed E-state index contributed by atoms with van der Waals surface area (Å²) in [4.78, 5) is 12.2. The van der Waals surface area contributed by atoms with E-state index in [0.717, 1.165) is 11.3 Å². The molecular weight excluding hydrogens is 242 g/mol. The summed E-state index contributed by atoms with van der Waals surface area (Å²) in [6.45, 7) is 0.687. The molecule has 1 rings (SSSR count). The van der Waals surface area contributed by atoms with E-state index in [4.69, 9.17) is 21.4 Å². The maximum atomic E-state index is 10.5. The van der Waals surface area contributed by atoms with Crippen LogP contribution in [0, 0.1) is 0 Å². The molecule has 0 spiro atoms. The summed E-state index contributed by atoms with van der Waals surface area (Å²) < 4.78 is 5.06. The van der Waals surface area contributed by atoms with Gasteiger partial charge in [0.2, 0.25) is 0 Å². The van der Waals surface area contributed by atoms with Gasteiger partial charge in [-0.1, -0.05) is 17.7 Å². The zero-order chi connectivity index (χ0) is 12.8. The summed E-state index contributed by atoms with van der Waals surface area (Å²) in [7, 11) is 3.36. The summed E-state index contributed by atoms with van der Waals surface area (Å²) in [6.07, 6.45) is 0.715. The number of methoxy groups -OCH3 is 1. The highest BCUT2D eigenvalue weighted by Gasteiger charge is 2.07. The van der Waals surface area contributed by atoms with Crippen molar-refractivity contribution < 1.29 is 14.6 Å². The van der Waals surface area contributed by atoms with Gasteiger partial charge in [-0.05, 0) is 31.2 Å². The molecule has 0 saturated heterocycles. The molecule has 1 aromatic rings. The largest absolute Gasteiger partial charge is 0.497 e. The molecule has 94 valence electrons. The van der Waals surface area contributed by atoms with Gasteiger partial charge < -0.3 is 9.84 Å². The number of likely N-dealkylation sites (N-methyl/N-ethyl adjacent to an activating group) is 1. The quantitative estimate of drug-likeness (QED) is 0.846.